The lowest BCUT2D eigenvalue weighted by Gasteiger charge is -2.37. The first kappa shape index (κ1) is 14.3. The third-order valence-electron chi connectivity index (χ3n) is 4.91. The Labute approximate surface area is 113 Å². The van der Waals surface area contributed by atoms with Crippen LogP contribution >= 0.6 is 0 Å². The van der Waals surface area contributed by atoms with E-state index in [1.807, 2.05) is 0 Å². The van der Waals surface area contributed by atoms with E-state index >= 15 is 0 Å². The Bertz CT molecular complexity index is 235. The molecule has 106 valence electrons. The van der Waals surface area contributed by atoms with Gasteiger partial charge in [-0.1, -0.05) is 33.1 Å². The Balaban J connectivity index is 1.77. The van der Waals surface area contributed by atoms with Crippen molar-refractivity contribution in [3.63, 3.8) is 0 Å². The standard InChI is InChI=1S/C16H31NO/c1-12(2)16-11-15(9-10-18-16)17-13(3)14-7-5-4-6-8-14/h12-17H,4-11H2,1-3H3/t13-,15?,16?/m0/s1. The summed E-state index contributed by atoms with van der Waals surface area (Å²) < 4.78 is 5.86. The van der Waals surface area contributed by atoms with Gasteiger partial charge in [0.15, 0.2) is 0 Å². The van der Waals surface area contributed by atoms with Crippen molar-refractivity contribution in [1.29, 1.82) is 0 Å². The van der Waals surface area contributed by atoms with Crippen molar-refractivity contribution in [3.8, 4) is 0 Å². The SMILES string of the molecule is CC(C)C1CC(N[C@@H](C)C2CCCCC2)CCO1. The molecule has 1 aliphatic carbocycles. The lowest BCUT2D eigenvalue weighted by molar-refractivity contribution is -0.0269. The van der Waals surface area contributed by atoms with Crippen LogP contribution in [0.1, 0.15) is 65.7 Å². The highest BCUT2D eigenvalue weighted by atomic mass is 16.5. The summed E-state index contributed by atoms with van der Waals surface area (Å²) in [4.78, 5) is 0. The topological polar surface area (TPSA) is 21.3 Å². The predicted octanol–water partition coefficient (Wildman–Crippen LogP) is 3.75. The number of ether oxygens (including phenoxy) is 1. The van der Waals surface area contributed by atoms with Gasteiger partial charge in [-0.25, -0.2) is 0 Å². The number of hydrogen-bond acceptors (Lipinski definition) is 2. The minimum atomic E-state index is 0.467. The average Bonchev–Trinajstić information content (AvgIpc) is 2.40. The van der Waals surface area contributed by atoms with E-state index in [9.17, 15) is 0 Å². The van der Waals surface area contributed by atoms with Crippen LogP contribution in [0.5, 0.6) is 0 Å². The first-order chi connectivity index (χ1) is 8.66. The average molecular weight is 253 g/mol. The molecule has 3 atom stereocenters. The van der Waals surface area contributed by atoms with Crippen molar-refractivity contribution in [2.75, 3.05) is 6.61 Å². The summed E-state index contributed by atoms with van der Waals surface area (Å²) in [6, 6.07) is 1.38. The van der Waals surface area contributed by atoms with Gasteiger partial charge < -0.3 is 10.1 Å². The van der Waals surface area contributed by atoms with E-state index in [0.717, 1.165) is 12.5 Å². The van der Waals surface area contributed by atoms with E-state index in [-0.39, 0.29) is 0 Å². The summed E-state index contributed by atoms with van der Waals surface area (Å²) in [6.45, 7) is 7.89. The molecular formula is C16H31NO. The smallest absolute Gasteiger partial charge is 0.0612 e. The highest BCUT2D eigenvalue weighted by Gasteiger charge is 2.28. The molecule has 1 aliphatic heterocycles. The third kappa shape index (κ3) is 3.96. The van der Waals surface area contributed by atoms with E-state index in [1.165, 1.54) is 44.9 Å². The fraction of sp³-hybridized carbons (Fsp3) is 1.00. The van der Waals surface area contributed by atoms with Gasteiger partial charge in [0.1, 0.15) is 0 Å². The van der Waals surface area contributed by atoms with E-state index in [1.54, 1.807) is 0 Å². The monoisotopic (exact) mass is 253 g/mol. The molecule has 0 radical (unpaired) electrons. The molecule has 1 heterocycles. The fourth-order valence-electron chi connectivity index (χ4n) is 3.59. The predicted molar refractivity (Wildman–Crippen MR) is 76.8 cm³/mol. The van der Waals surface area contributed by atoms with Gasteiger partial charge in [-0.2, -0.15) is 0 Å². The highest BCUT2D eigenvalue weighted by Crippen LogP contribution is 2.28. The zero-order chi connectivity index (χ0) is 13.0. The molecule has 0 amide bonds. The summed E-state index contributed by atoms with van der Waals surface area (Å²) in [6.07, 6.45) is 10.1. The first-order valence-corrected chi connectivity index (χ1v) is 8.04. The largest absolute Gasteiger partial charge is 0.378 e. The normalized spacial score (nSPS) is 32.7. The Hall–Kier alpha value is -0.0800. The molecule has 2 nitrogen and oxygen atoms in total. The van der Waals surface area contributed by atoms with Crippen LogP contribution in [-0.4, -0.2) is 24.8 Å². The van der Waals surface area contributed by atoms with Crippen molar-refractivity contribution in [2.45, 2.75) is 83.9 Å². The molecule has 2 aliphatic rings. The number of nitrogens with one attached hydrogen (secondary N) is 1. The minimum absolute atomic E-state index is 0.467. The van der Waals surface area contributed by atoms with Crippen LogP contribution in [0, 0.1) is 11.8 Å². The Morgan fingerprint density at radius 1 is 1.00 bits per heavy atom. The van der Waals surface area contributed by atoms with E-state index in [0.29, 0.717) is 24.1 Å². The van der Waals surface area contributed by atoms with Gasteiger partial charge in [-0.3, -0.25) is 0 Å². The van der Waals surface area contributed by atoms with Crippen molar-refractivity contribution in [2.24, 2.45) is 11.8 Å². The van der Waals surface area contributed by atoms with Crippen LogP contribution in [0.2, 0.25) is 0 Å². The molecule has 0 bridgehead atoms. The van der Waals surface area contributed by atoms with Gasteiger partial charge in [0.05, 0.1) is 6.10 Å². The molecule has 2 rings (SSSR count). The summed E-state index contributed by atoms with van der Waals surface area (Å²) in [5.41, 5.74) is 0. The van der Waals surface area contributed by atoms with Crippen LogP contribution < -0.4 is 5.32 Å². The Morgan fingerprint density at radius 2 is 1.72 bits per heavy atom. The fourth-order valence-corrected chi connectivity index (χ4v) is 3.59. The maximum absolute atomic E-state index is 5.86. The lowest BCUT2D eigenvalue weighted by Crippen LogP contribution is -2.47. The van der Waals surface area contributed by atoms with Gasteiger partial charge in [-0.15, -0.1) is 0 Å². The number of rotatable bonds is 4. The maximum atomic E-state index is 5.86. The molecule has 18 heavy (non-hydrogen) atoms. The molecule has 2 heteroatoms. The van der Waals surface area contributed by atoms with Crippen LogP contribution in [0.3, 0.4) is 0 Å². The summed E-state index contributed by atoms with van der Waals surface area (Å²) >= 11 is 0. The second-order valence-corrected chi connectivity index (χ2v) is 6.73. The molecule has 0 aromatic rings. The quantitative estimate of drug-likeness (QED) is 0.824. The first-order valence-electron chi connectivity index (χ1n) is 8.04. The number of hydrogen-bond donors (Lipinski definition) is 1. The van der Waals surface area contributed by atoms with Crippen molar-refractivity contribution in [1.82, 2.24) is 5.32 Å². The zero-order valence-corrected chi connectivity index (χ0v) is 12.5. The molecular weight excluding hydrogens is 222 g/mol. The van der Waals surface area contributed by atoms with Gasteiger partial charge in [0, 0.05) is 18.7 Å². The maximum Gasteiger partial charge on any atom is 0.0612 e. The molecule has 2 unspecified atom stereocenters. The second kappa shape index (κ2) is 6.91. The van der Waals surface area contributed by atoms with Gasteiger partial charge in [0.2, 0.25) is 0 Å². The molecule has 1 saturated carbocycles. The molecule has 0 aromatic heterocycles. The van der Waals surface area contributed by atoms with Gasteiger partial charge in [0.25, 0.3) is 0 Å². The molecule has 0 aromatic carbocycles. The highest BCUT2D eigenvalue weighted by molar-refractivity contribution is 4.84. The minimum Gasteiger partial charge on any atom is -0.378 e. The summed E-state index contributed by atoms with van der Waals surface area (Å²) in [5, 5.41) is 3.89. The Morgan fingerprint density at radius 3 is 2.39 bits per heavy atom. The molecule has 2 fully saturated rings. The van der Waals surface area contributed by atoms with E-state index < -0.39 is 0 Å². The third-order valence-corrected chi connectivity index (χ3v) is 4.91. The molecule has 1 N–H and O–H groups in total. The van der Waals surface area contributed by atoms with Gasteiger partial charge in [-0.05, 0) is 44.4 Å². The molecule has 0 spiro atoms. The summed E-state index contributed by atoms with van der Waals surface area (Å²) in [5.74, 6) is 1.57. The Kier molecular flexibility index (Phi) is 5.50. The summed E-state index contributed by atoms with van der Waals surface area (Å²) in [7, 11) is 0. The van der Waals surface area contributed by atoms with Crippen LogP contribution in [0.15, 0.2) is 0 Å². The van der Waals surface area contributed by atoms with Gasteiger partial charge >= 0.3 is 0 Å². The van der Waals surface area contributed by atoms with Crippen molar-refractivity contribution in [3.05, 3.63) is 0 Å². The van der Waals surface area contributed by atoms with Crippen molar-refractivity contribution >= 4 is 0 Å². The van der Waals surface area contributed by atoms with Crippen molar-refractivity contribution < 1.29 is 4.74 Å². The van der Waals surface area contributed by atoms with Crippen LogP contribution in [0.25, 0.3) is 0 Å². The van der Waals surface area contributed by atoms with E-state index in [4.69, 9.17) is 4.74 Å². The lowest BCUT2D eigenvalue weighted by atomic mass is 9.84. The van der Waals surface area contributed by atoms with Crippen LogP contribution in [0.4, 0.5) is 0 Å². The molecule has 1 saturated heterocycles. The second-order valence-electron chi connectivity index (χ2n) is 6.73. The van der Waals surface area contributed by atoms with Crippen LogP contribution in [-0.2, 0) is 4.74 Å². The van der Waals surface area contributed by atoms with E-state index in [2.05, 4.69) is 26.1 Å². The zero-order valence-electron chi connectivity index (χ0n) is 12.5.